The summed E-state index contributed by atoms with van der Waals surface area (Å²) in [5, 5.41) is 12.4. The number of aliphatic hydroxyl groups is 1. The first-order valence-corrected chi connectivity index (χ1v) is 11.3. The summed E-state index contributed by atoms with van der Waals surface area (Å²) >= 11 is 0. The summed E-state index contributed by atoms with van der Waals surface area (Å²) in [5.74, 6) is 0.263. The number of carbonyl (C=O) groups excluding carboxylic acids is 1. The van der Waals surface area contributed by atoms with Crippen LogP contribution in [0.2, 0.25) is 0 Å². The van der Waals surface area contributed by atoms with Gasteiger partial charge in [-0.1, -0.05) is 36.4 Å². The van der Waals surface area contributed by atoms with Crippen LogP contribution >= 0.6 is 0 Å². The number of amides is 1. The minimum absolute atomic E-state index is 0.185. The summed E-state index contributed by atoms with van der Waals surface area (Å²) in [4.78, 5) is 12.3. The monoisotopic (exact) mass is 425 g/mol. The van der Waals surface area contributed by atoms with Crippen molar-refractivity contribution in [1.29, 1.82) is 0 Å². The van der Waals surface area contributed by atoms with E-state index in [2.05, 4.69) is 5.32 Å². The highest BCUT2D eigenvalue weighted by molar-refractivity contribution is 7.90. The third-order valence-corrected chi connectivity index (χ3v) is 5.69. The van der Waals surface area contributed by atoms with Gasteiger partial charge < -0.3 is 14.8 Å². The van der Waals surface area contributed by atoms with Crippen LogP contribution in [-0.2, 0) is 21.1 Å². The Balaban J connectivity index is 1.61. The smallest absolute Gasteiger partial charge is 0.244 e. The zero-order chi connectivity index (χ0) is 21.6. The highest BCUT2D eigenvalue weighted by Crippen LogP contribution is 2.22. The van der Waals surface area contributed by atoms with Crippen molar-refractivity contribution in [2.45, 2.75) is 17.4 Å². The van der Waals surface area contributed by atoms with Crippen LogP contribution in [0.3, 0.4) is 0 Å². The molecule has 2 aromatic carbocycles. The Kier molecular flexibility index (Phi) is 6.87. The van der Waals surface area contributed by atoms with Crippen LogP contribution in [0.25, 0.3) is 17.2 Å². The Labute approximate surface area is 175 Å². The average Bonchev–Trinajstić information content (AvgIpc) is 3.25. The maximum Gasteiger partial charge on any atom is 0.244 e. The Morgan fingerprint density at radius 3 is 2.23 bits per heavy atom. The van der Waals surface area contributed by atoms with Gasteiger partial charge in [-0.15, -0.1) is 0 Å². The lowest BCUT2D eigenvalue weighted by Crippen LogP contribution is -2.38. The van der Waals surface area contributed by atoms with Gasteiger partial charge in [-0.25, -0.2) is 8.42 Å². The van der Waals surface area contributed by atoms with Crippen LogP contribution in [0.5, 0.6) is 0 Å². The highest BCUT2D eigenvalue weighted by Gasteiger charge is 2.11. The zero-order valence-electron chi connectivity index (χ0n) is 16.5. The second-order valence-corrected chi connectivity index (χ2v) is 8.95. The number of furan rings is 1. The van der Waals surface area contributed by atoms with E-state index in [9.17, 15) is 18.3 Å². The third-order valence-electron chi connectivity index (χ3n) is 4.56. The van der Waals surface area contributed by atoms with Gasteiger partial charge in [0.25, 0.3) is 0 Å². The van der Waals surface area contributed by atoms with Gasteiger partial charge in [-0.05, 0) is 53.5 Å². The Morgan fingerprint density at radius 1 is 1.07 bits per heavy atom. The van der Waals surface area contributed by atoms with Crippen LogP contribution in [0.1, 0.15) is 11.3 Å². The lowest BCUT2D eigenvalue weighted by Gasteiger charge is -2.15. The molecule has 0 saturated carbocycles. The second kappa shape index (κ2) is 9.56. The molecule has 0 aliphatic carbocycles. The zero-order valence-corrected chi connectivity index (χ0v) is 17.3. The van der Waals surface area contributed by atoms with Gasteiger partial charge in [0.15, 0.2) is 9.84 Å². The molecule has 3 rings (SSSR count). The number of sulfone groups is 1. The van der Waals surface area contributed by atoms with E-state index >= 15 is 0 Å². The van der Waals surface area contributed by atoms with Gasteiger partial charge in [-0.3, -0.25) is 4.79 Å². The first-order valence-electron chi connectivity index (χ1n) is 9.37. The molecular weight excluding hydrogens is 402 g/mol. The Hall–Kier alpha value is -3.16. The summed E-state index contributed by atoms with van der Waals surface area (Å²) in [6.07, 6.45) is 6.11. The van der Waals surface area contributed by atoms with Crippen molar-refractivity contribution in [3.63, 3.8) is 0 Å². The molecule has 2 N–H and O–H groups in total. The number of hydrogen-bond donors (Lipinski definition) is 2. The molecule has 3 aromatic rings. The predicted molar refractivity (Wildman–Crippen MR) is 115 cm³/mol. The van der Waals surface area contributed by atoms with Gasteiger partial charge in [-0.2, -0.15) is 0 Å². The lowest BCUT2D eigenvalue weighted by atomic mass is 10.0. The number of benzene rings is 2. The Bertz CT molecular complexity index is 1100. The molecule has 1 atom stereocenters. The maximum atomic E-state index is 12.0. The van der Waals surface area contributed by atoms with Crippen LogP contribution < -0.4 is 5.32 Å². The summed E-state index contributed by atoms with van der Waals surface area (Å²) in [7, 11) is -3.22. The third kappa shape index (κ3) is 5.92. The second-order valence-electron chi connectivity index (χ2n) is 6.93. The molecule has 7 heteroatoms. The fourth-order valence-corrected chi connectivity index (χ4v) is 3.60. The molecule has 0 fully saturated rings. The van der Waals surface area contributed by atoms with Gasteiger partial charge >= 0.3 is 0 Å². The SMILES string of the molecule is CS(=O)(=O)c1ccc(-c2ccc(CC(CO)NC(=O)C=Cc3ccco3)cc2)cc1. The molecule has 1 amide bonds. The molecule has 6 nitrogen and oxygen atoms in total. The van der Waals surface area contributed by atoms with Crippen LogP contribution in [0.15, 0.2) is 82.3 Å². The van der Waals surface area contributed by atoms with Crippen molar-refractivity contribution >= 4 is 21.8 Å². The summed E-state index contributed by atoms with van der Waals surface area (Å²) in [5.41, 5.74) is 2.81. The molecule has 0 bridgehead atoms. The quantitative estimate of drug-likeness (QED) is 0.541. The van der Waals surface area contributed by atoms with Crippen molar-refractivity contribution < 1.29 is 22.7 Å². The standard InChI is InChI=1S/C23H23NO5S/c1-30(27,28)22-11-8-19(9-12-22)18-6-4-17(5-7-18)15-20(16-25)24-23(26)13-10-21-3-2-14-29-21/h2-14,20,25H,15-16H2,1H3,(H,24,26). The summed E-state index contributed by atoms with van der Waals surface area (Å²) in [6.45, 7) is -0.185. The maximum absolute atomic E-state index is 12.0. The van der Waals surface area contributed by atoms with Gasteiger partial charge in [0, 0.05) is 12.3 Å². The van der Waals surface area contributed by atoms with Crippen molar-refractivity contribution in [3.05, 3.63) is 84.3 Å². The number of nitrogens with one attached hydrogen (secondary N) is 1. The Morgan fingerprint density at radius 2 is 1.70 bits per heavy atom. The lowest BCUT2D eigenvalue weighted by molar-refractivity contribution is -0.117. The topological polar surface area (TPSA) is 96.6 Å². The minimum atomic E-state index is -3.22. The number of rotatable bonds is 8. The molecule has 0 saturated heterocycles. The molecule has 30 heavy (non-hydrogen) atoms. The minimum Gasteiger partial charge on any atom is -0.465 e. The molecule has 156 valence electrons. The molecule has 1 heterocycles. The molecule has 0 aliphatic rings. The fraction of sp³-hybridized carbons (Fsp3) is 0.174. The van der Waals surface area contributed by atoms with E-state index in [-0.39, 0.29) is 17.4 Å². The van der Waals surface area contributed by atoms with Crippen molar-refractivity contribution in [3.8, 4) is 11.1 Å². The number of aliphatic hydroxyl groups excluding tert-OH is 1. The first-order chi connectivity index (χ1) is 14.3. The van der Waals surface area contributed by atoms with Gasteiger partial charge in [0.1, 0.15) is 5.76 Å². The number of carbonyl (C=O) groups is 1. The highest BCUT2D eigenvalue weighted by atomic mass is 32.2. The molecule has 0 spiro atoms. The first kappa shape index (κ1) is 21.5. The number of hydrogen-bond acceptors (Lipinski definition) is 5. The van der Waals surface area contributed by atoms with Crippen molar-refractivity contribution in [1.82, 2.24) is 5.32 Å². The molecule has 0 aliphatic heterocycles. The largest absolute Gasteiger partial charge is 0.465 e. The summed E-state index contributed by atoms with van der Waals surface area (Å²) in [6, 6.07) is 17.5. The van der Waals surface area contributed by atoms with E-state index in [0.717, 1.165) is 16.7 Å². The van der Waals surface area contributed by atoms with E-state index in [1.807, 2.05) is 24.3 Å². The van der Waals surface area contributed by atoms with Crippen LogP contribution in [0, 0.1) is 0 Å². The predicted octanol–water partition coefficient (Wildman–Crippen LogP) is 3.08. The van der Waals surface area contributed by atoms with E-state index in [1.165, 1.54) is 18.6 Å². The van der Waals surface area contributed by atoms with Crippen LogP contribution in [-0.4, -0.2) is 38.3 Å². The average molecular weight is 426 g/mol. The summed E-state index contributed by atoms with van der Waals surface area (Å²) < 4.78 is 28.3. The molecule has 1 unspecified atom stereocenters. The van der Waals surface area contributed by atoms with E-state index in [1.54, 1.807) is 42.5 Å². The van der Waals surface area contributed by atoms with Crippen LogP contribution in [0.4, 0.5) is 0 Å². The fourth-order valence-electron chi connectivity index (χ4n) is 2.97. The molecular formula is C23H23NO5S. The van der Waals surface area contributed by atoms with E-state index in [4.69, 9.17) is 4.42 Å². The molecule has 1 aromatic heterocycles. The van der Waals surface area contributed by atoms with Crippen molar-refractivity contribution in [2.75, 3.05) is 12.9 Å². The van der Waals surface area contributed by atoms with Crippen molar-refractivity contribution in [2.24, 2.45) is 0 Å². The normalized spacial score (nSPS) is 12.7. The van der Waals surface area contributed by atoms with E-state index < -0.39 is 15.9 Å². The molecule has 0 radical (unpaired) electrons. The van der Waals surface area contributed by atoms with Gasteiger partial charge in [0.05, 0.1) is 23.8 Å². The van der Waals surface area contributed by atoms with Gasteiger partial charge in [0.2, 0.25) is 5.91 Å². The van der Waals surface area contributed by atoms with E-state index in [0.29, 0.717) is 12.2 Å².